The average Bonchev–Trinajstić information content (AvgIpc) is 0.673. The molecule has 12 fully saturated rings. The molecule has 5 aliphatic carbocycles. The van der Waals surface area contributed by atoms with Crippen molar-refractivity contribution in [2.24, 2.45) is 56.2 Å². The lowest BCUT2D eigenvalue weighted by atomic mass is 9.33. The zero-order valence-corrected chi connectivity index (χ0v) is 67.5. The molecular weight excluding hydrogens is 1560 g/mol. The Morgan fingerprint density at radius 2 is 0.889 bits per heavy atom. The largest absolute Gasteiger partial charge is 0.432 e. The van der Waals surface area contributed by atoms with Crippen LogP contribution in [0.1, 0.15) is 133 Å². The summed E-state index contributed by atoms with van der Waals surface area (Å²) in [4.78, 5) is 15.5. The first-order chi connectivity index (χ1) is 54.9. The number of aliphatic hydroxyl groups excluding tert-OH is 22. The number of hydrogen-bond acceptors (Lipinski definition) is 39. The molecule has 47 atom stereocenters. The summed E-state index contributed by atoms with van der Waals surface area (Å²) in [7, 11) is 0. The monoisotopic (exact) mass is 1690 g/mol. The fourth-order valence-electron chi connectivity index (χ4n) is 22.1. The highest BCUT2D eigenvalue weighted by Gasteiger charge is 2.71. The van der Waals surface area contributed by atoms with E-state index in [2.05, 4.69) is 54.5 Å². The van der Waals surface area contributed by atoms with Crippen LogP contribution in [0.2, 0.25) is 0 Å². The van der Waals surface area contributed by atoms with E-state index in [0.717, 1.165) is 24.8 Å². The van der Waals surface area contributed by atoms with Crippen LogP contribution in [0.3, 0.4) is 0 Å². The molecule has 674 valence electrons. The smallest absolute Gasteiger partial charge is 0.315 e. The van der Waals surface area contributed by atoms with E-state index >= 15 is 4.79 Å². The maximum absolute atomic E-state index is 15.5. The van der Waals surface area contributed by atoms with Crippen molar-refractivity contribution < 1.29 is 193 Å². The minimum atomic E-state index is -2.07. The number of aliphatic hydroxyl groups is 22. The summed E-state index contributed by atoms with van der Waals surface area (Å²) in [5.41, 5.74) is -1.78. The van der Waals surface area contributed by atoms with E-state index < -0.39 is 301 Å². The Bertz CT molecular complexity index is 3340. The van der Waals surface area contributed by atoms with Gasteiger partial charge < -0.3 is 188 Å². The normalized spacial score (nSPS) is 54.5. The van der Waals surface area contributed by atoms with Crippen LogP contribution in [0.5, 0.6) is 0 Å². The Hall–Kier alpha value is -2.27. The van der Waals surface area contributed by atoms with Crippen LogP contribution < -0.4 is 0 Å². The quantitative estimate of drug-likeness (QED) is 0.0289. The third-order valence-corrected chi connectivity index (χ3v) is 29.7. The molecule has 0 aromatic carbocycles. The third kappa shape index (κ3) is 16.7. The summed E-state index contributed by atoms with van der Waals surface area (Å²) < 4.78 is 96.1. The molecule has 0 aromatic heterocycles. The molecule has 0 spiro atoms. The topological polar surface area (TPSA) is 610 Å². The molecule has 0 amide bonds. The highest BCUT2D eigenvalue weighted by Crippen LogP contribution is 2.76. The molecule has 0 aromatic rings. The van der Waals surface area contributed by atoms with Gasteiger partial charge in [-0.1, -0.05) is 67.0 Å². The van der Waals surface area contributed by atoms with Crippen molar-refractivity contribution in [3.05, 3.63) is 11.6 Å². The molecule has 13 aliphatic rings. The van der Waals surface area contributed by atoms with Crippen LogP contribution >= 0.6 is 0 Å². The number of esters is 1. The van der Waals surface area contributed by atoms with Gasteiger partial charge in [-0.15, -0.1) is 0 Å². The Kier molecular flexibility index (Phi) is 28.0. The highest BCUT2D eigenvalue weighted by atomic mass is 16.8. The van der Waals surface area contributed by atoms with Gasteiger partial charge >= 0.3 is 5.97 Å². The molecule has 22 N–H and O–H groups in total. The summed E-state index contributed by atoms with van der Waals surface area (Å²) in [5.74, 6) is -1.69. The SMILES string of the molecule is C[C@H]1[C@H](O)[C@@H](CO)O[C@@H](O[C@H]2[C@H](O[C@@H]3CC[C@]4(C)[C@H]5CC=C6[C@@H]7CC(C)(C)CC[C@]7(C(=O)O[C@@H]7O[C@H](CO[C@@H]8O[C@H](CO)[C@@H](O[C@@H]9O[C@@H](C)[C@H](O)[C@@H](O[C@H]%10O[C@H](CO[C@@H]%11O[C@H](CO)[C@@H](O)[C@H](O)[C@H]%11O)[C@@H](O)[C@H](O)[C@H]%10O)[C@H]9O)[C@H](O)[C@H]8O)[C@@H](O)[C@H](O)[C@H]7O)CC[C@@]6(C)[C@]5(C)CC[C@H]4C3(C)C)OC[C@H](O)[C@@H]2O)[C@@H]1O[C@@H]1O[C@@H](C)[C@H](O)[C@@H](O)[C@H]1O. The summed E-state index contributed by atoms with van der Waals surface area (Å²) in [5, 5.41) is 241. The van der Waals surface area contributed by atoms with Crippen molar-refractivity contribution in [3.8, 4) is 0 Å². The molecule has 39 nitrogen and oxygen atoms in total. The van der Waals surface area contributed by atoms with Crippen LogP contribution in [-0.2, 0) is 80.6 Å². The van der Waals surface area contributed by atoms with Gasteiger partial charge in [0.2, 0.25) is 6.29 Å². The lowest BCUT2D eigenvalue weighted by Crippen LogP contribution is -2.66. The van der Waals surface area contributed by atoms with Gasteiger partial charge in [0.1, 0.15) is 165 Å². The number of fused-ring (bicyclic) bond motifs is 7. The second-order valence-corrected chi connectivity index (χ2v) is 37.5. The van der Waals surface area contributed by atoms with Gasteiger partial charge in [0.15, 0.2) is 44.0 Å². The number of carbonyl (C=O) groups is 1. The zero-order chi connectivity index (χ0) is 85.3. The first-order valence-electron chi connectivity index (χ1n) is 41.3. The molecule has 4 saturated carbocycles. The van der Waals surface area contributed by atoms with Gasteiger partial charge in [-0.25, -0.2) is 0 Å². The first-order valence-corrected chi connectivity index (χ1v) is 41.3. The predicted molar refractivity (Wildman–Crippen MR) is 388 cm³/mol. The zero-order valence-electron chi connectivity index (χ0n) is 67.5. The van der Waals surface area contributed by atoms with Gasteiger partial charge in [0, 0.05) is 5.92 Å². The van der Waals surface area contributed by atoms with Crippen LogP contribution in [0.25, 0.3) is 0 Å². The van der Waals surface area contributed by atoms with Crippen molar-refractivity contribution in [2.45, 2.75) is 373 Å². The van der Waals surface area contributed by atoms with Gasteiger partial charge in [0.05, 0.1) is 69.5 Å². The molecule has 117 heavy (non-hydrogen) atoms. The highest BCUT2D eigenvalue weighted by molar-refractivity contribution is 5.79. The predicted octanol–water partition coefficient (Wildman–Crippen LogP) is -6.77. The minimum Gasteiger partial charge on any atom is -0.432 e. The fourth-order valence-corrected chi connectivity index (χ4v) is 22.1. The van der Waals surface area contributed by atoms with E-state index in [9.17, 15) is 112 Å². The summed E-state index contributed by atoms with van der Waals surface area (Å²) >= 11 is 0. The van der Waals surface area contributed by atoms with Crippen LogP contribution in [-0.4, -0.2) is 397 Å². The van der Waals surface area contributed by atoms with Crippen molar-refractivity contribution >= 4 is 5.97 Å². The van der Waals surface area contributed by atoms with Gasteiger partial charge in [-0.05, 0) is 123 Å². The molecule has 8 saturated heterocycles. The number of rotatable bonds is 21. The number of allylic oxidation sites excluding steroid dienone is 2. The first kappa shape index (κ1) is 92.4. The van der Waals surface area contributed by atoms with E-state index in [-0.39, 0.29) is 40.6 Å². The Balaban J connectivity index is 0.648. The van der Waals surface area contributed by atoms with Crippen LogP contribution in [0.15, 0.2) is 11.6 Å². The molecule has 8 heterocycles. The van der Waals surface area contributed by atoms with E-state index in [1.54, 1.807) is 6.92 Å². The lowest BCUT2D eigenvalue weighted by molar-refractivity contribution is -0.387. The van der Waals surface area contributed by atoms with E-state index in [1.807, 2.05) is 0 Å². The van der Waals surface area contributed by atoms with Crippen molar-refractivity contribution in [3.63, 3.8) is 0 Å². The average molecular weight is 1690 g/mol. The van der Waals surface area contributed by atoms with Crippen molar-refractivity contribution in [2.75, 3.05) is 39.6 Å². The fraction of sp³-hybridized carbons (Fsp3) is 0.962. The Morgan fingerprint density at radius 3 is 1.50 bits per heavy atom. The molecule has 0 radical (unpaired) electrons. The number of carbonyl (C=O) groups excluding carboxylic acids is 1. The molecular formula is C78H128O39. The maximum Gasteiger partial charge on any atom is 0.315 e. The Labute approximate surface area is 677 Å². The van der Waals surface area contributed by atoms with Crippen LogP contribution in [0, 0.1) is 56.2 Å². The lowest BCUT2D eigenvalue weighted by Gasteiger charge is -2.71. The molecule has 39 heteroatoms. The maximum atomic E-state index is 15.5. The standard InChI is InChI=1S/C78H128O39/c1-28-42(83)34(22-79)108-71(60(28)113-66-55(96)49(90)43(84)29(2)105-66)116-63-45(86)33(82)25-102-70(63)112-41-14-15-75(8)39(74(41,6)7)13-16-77(10)40(75)12-11-31-32-21-73(4,5)17-19-78(32,20-18-76(31,77)9)72(101)117-68-57(98)52(93)48(89)38(111-68)27-104-65-58(99)53(94)61(36(24-81)109-65)114-69-59(100)62(44(85)30(3)106-69)115-67-56(97)51(92)47(88)37(110-67)26-103-64-54(95)50(91)46(87)35(23-80)107-64/h11,28-30,32-71,79-100H,12-27H2,1-10H3/t28-,29-,30-,32-,33-,34+,35+,36+,37+,38+,39-,40+,41+,42-,43-,44-,45-,46+,47+,48+,49+,50-,51-,52-,53+,54+,55+,56+,57+,58+,59+,60+,61+,62+,63+,64+,65+,66-,67+,68-,69-,70-,71-,75-,76+,77+,78-/m0/s1. The van der Waals surface area contributed by atoms with E-state index in [1.165, 1.54) is 13.8 Å². The van der Waals surface area contributed by atoms with Gasteiger partial charge in [-0.2, -0.15) is 0 Å². The Morgan fingerprint density at radius 1 is 0.410 bits per heavy atom. The van der Waals surface area contributed by atoms with Gasteiger partial charge in [-0.3, -0.25) is 4.79 Å². The summed E-state index contributed by atoms with van der Waals surface area (Å²) in [6, 6.07) is 0. The summed E-state index contributed by atoms with van der Waals surface area (Å²) in [6.07, 6.45) is -56.0. The number of ether oxygens (including phenoxy) is 16. The second-order valence-electron chi connectivity index (χ2n) is 37.5. The molecule has 8 aliphatic heterocycles. The van der Waals surface area contributed by atoms with Crippen LogP contribution in [0.4, 0.5) is 0 Å². The van der Waals surface area contributed by atoms with E-state index in [4.69, 9.17) is 75.8 Å². The summed E-state index contributed by atoms with van der Waals surface area (Å²) in [6.45, 7) is 16.0. The molecule has 13 rings (SSSR count). The molecule has 0 unspecified atom stereocenters. The van der Waals surface area contributed by atoms with Crippen molar-refractivity contribution in [1.29, 1.82) is 0 Å². The van der Waals surface area contributed by atoms with E-state index in [0.29, 0.717) is 44.9 Å². The van der Waals surface area contributed by atoms with Crippen molar-refractivity contribution in [1.82, 2.24) is 0 Å². The minimum absolute atomic E-state index is 0.0694. The number of hydrogen-bond donors (Lipinski definition) is 22. The second kappa shape index (κ2) is 35.5. The van der Waals surface area contributed by atoms with Gasteiger partial charge in [0.25, 0.3) is 0 Å². The molecule has 0 bridgehead atoms. The third-order valence-electron chi connectivity index (χ3n) is 29.7.